The van der Waals surface area contributed by atoms with Crippen LogP contribution in [0.5, 0.6) is 0 Å². The number of pyridine rings is 1. The molecule has 0 aliphatic carbocycles. The van der Waals surface area contributed by atoms with Crippen molar-refractivity contribution in [2.24, 2.45) is 11.1 Å². The number of carbonyl (C=O) groups is 1. The van der Waals surface area contributed by atoms with Crippen molar-refractivity contribution < 1.29 is 4.79 Å². The van der Waals surface area contributed by atoms with Crippen LogP contribution in [0.25, 0.3) is 0 Å². The summed E-state index contributed by atoms with van der Waals surface area (Å²) in [6.07, 6.45) is 2.74. The van der Waals surface area contributed by atoms with Crippen molar-refractivity contribution >= 4 is 23.7 Å². The Morgan fingerprint density at radius 2 is 2.24 bits per heavy atom. The Labute approximate surface area is 153 Å². The number of benzene rings is 1. The summed E-state index contributed by atoms with van der Waals surface area (Å²) in [5, 5.41) is 8.99. The van der Waals surface area contributed by atoms with E-state index >= 15 is 0 Å². The highest BCUT2D eigenvalue weighted by atomic mass is 32.2. The van der Waals surface area contributed by atoms with Gasteiger partial charge in [-0.25, -0.2) is 4.98 Å². The second kappa shape index (κ2) is 7.89. The van der Waals surface area contributed by atoms with E-state index in [1.807, 2.05) is 29.2 Å². The Hall–Kier alpha value is -2.05. The smallest absolute Gasteiger partial charge is 0.255 e. The van der Waals surface area contributed by atoms with E-state index in [1.54, 1.807) is 6.20 Å². The molecular weight excluding hydrogens is 332 g/mol. The van der Waals surface area contributed by atoms with Crippen molar-refractivity contribution in [3.05, 3.63) is 53.7 Å². The average molecular weight is 356 g/mol. The van der Waals surface area contributed by atoms with Crippen LogP contribution in [0, 0.1) is 5.92 Å². The van der Waals surface area contributed by atoms with Crippen LogP contribution in [0.15, 0.2) is 47.5 Å². The number of likely N-dealkylation sites (tertiary alicyclic amines) is 1. The molecule has 1 saturated heterocycles. The van der Waals surface area contributed by atoms with E-state index in [9.17, 15) is 4.79 Å². The Kier molecular flexibility index (Phi) is 5.60. The summed E-state index contributed by atoms with van der Waals surface area (Å²) in [5.74, 6) is 1.41. The fourth-order valence-electron chi connectivity index (χ4n) is 3.07. The summed E-state index contributed by atoms with van der Waals surface area (Å²) >= 11 is 1.24. The molecular formula is C19H24N4OS. The number of nitrogens with one attached hydrogen (secondary N) is 1. The van der Waals surface area contributed by atoms with Gasteiger partial charge in [-0.15, -0.1) is 0 Å². The third-order valence-electron chi connectivity index (χ3n) is 4.58. The molecule has 1 fully saturated rings. The van der Waals surface area contributed by atoms with Gasteiger partial charge in [-0.3, -0.25) is 9.93 Å². The fourth-order valence-corrected chi connectivity index (χ4v) is 3.43. The molecule has 25 heavy (non-hydrogen) atoms. The largest absolute Gasteiger partial charge is 0.364 e. The second-order valence-corrected chi connectivity index (χ2v) is 7.34. The third-order valence-corrected chi connectivity index (χ3v) is 5.11. The first-order valence-electron chi connectivity index (χ1n) is 8.55. The summed E-state index contributed by atoms with van der Waals surface area (Å²) < 4.78 is 0. The molecule has 1 amide bonds. The Balaban J connectivity index is 1.65. The molecule has 5 nitrogen and oxygen atoms in total. The third kappa shape index (κ3) is 4.32. The molecule has 0 spiro atoms. The molecule has 1 aromatic heterocycles. The highest BCUT2D eigenvalue weighted by Gasteiger charge is 2.24. The van der Waals surface area contributed by atoms with Crippen molar-refractivity contribution in [1.29, 1.82) is 0 Å². The molecule has 3 N–H and O–H groups in total. The van der Waals surface area contributed by atoms with Gasteiger partial charge in [0.25, 0.3) is 5.91 Å². The normalized spacial score (nSPS) is 18.2. The van der Waals surface area contributed by atoms with Gasteiger partial charge < -0.3 is 10.2 Å². The van der Waals surface area contributed by atoms with E-state index in [0.29, 0.717) is 11.5 Å². The van der Waals surface area contributed by atoms with E-state index < -0.39 is 0 Å². The standard InChI is InChI=1S/C19H24N4OS/c1-13-8-9-23(12-13)19(24)16-6-7-18(21-11-16)22-14(2)15-4-3-5-17(10-15)25-20/h3-7,10-11,13-14H,8-9,12,20H2,1-2H3,(H,21,22)/t13-,14-/m0/s1. The van der Waals surface area contributed by atoms with Gasteiger partial charge in [0.15, 0.2) is 0 Å². The average Bonchev–Trinajstić information content (AvgIpc) is 3.08. The van der Waals surface area contributed by atoms with E-state index in [0.717, 1.165) is 35.8 Å². The molecule has 2 heterocycles. The van der Waals surface area contributed by atoms with E-state index in [2.05, 4.69) is 36.3 Å². The van der Waals surface area contributed by atoms with Crippen molar-refractivity contribution in [1.82, 2.24) is 9.88 Å². The zero-order valence-corrected chi connectivity index (χ0v) is 15.4. The minimum atomic E-state index is 0.0733. The zero-order chi connectivity index (χ0) is 17.8. The number of rotatable bonds is 5. The van der Waals surface area contributed by atoms with Crippen LogP contribution >= 0.6 is 11.9 Å². The number of anilines is 1. The summed E-state index contributed by atoms with van der Waals surface area (Å²) in [7, 11) is 0. The van der Waals surface area contributed by atoms with Crippen LogP contribution in [0.1, 0.15) is 42.2 Å². The summed E-state index contributed by atoms with van der Waals surface area (Å²) in [4.78, 5) is 19.8. The minimum Gasteiger partial charge on any atom is -0.364 e. The lowest BCUT2D eigenvalue weighted by Crippen LogP contribution is -2.28. The number of nitrogens with zero attached hydrogens (tertiary/aromatic N) is 2. The first-order valence-corrected chi connectivity index (χ1v) is 9.43. The SMILES string of the molecule is C[C@H]1CCN(C(=O)c2ccc(N[C@@H](C)c3cccc(SN)c3)nc2)C1. The molecule has 6 heteroatoms. The molecule has 0 unspecified atom stereocenters. The molecule has 132 valence electrons. The second-order valence-electron chi connectivity index (χ2n) is 6.63. The lowest BCUT2D eigenvalue weighted by molar-refractivity contribution is 0.0787. The first kappa shape index (κ1) is 17.8. The Bertz CT molecular complexity index is 734. The highest BCUT2D eigenvalue weighted by molar-refractivity contribution is 7.97. The Morgan fingerprint density at radius 3 is 2.88 bits per heavy atom. The molecule has 3 rings (SSSR count). The van der Waals surface area contributed by atoms with Crippen LogP contribution in [0.3, 0.4) is 0 Å². The quantitative estimate of drug-likeness (QED) is 0.799. The van der Waals surface area contributed by atoms with Gasteiger partial charge in [-0.2, -0.15) is 0 Å². The number of amides is 1. The monoisotopic (exact) mass is 356 g/mol. The van der Waals surface area contributed by atoms with Crippen LogP contribution in [0.2, 0.25) is 0 Å². The van der Waals surface area contributed by atoms with Gasteiger partial charge in [0, 0.05) is 30.2 Å². The maximum Gasteiger partial charge on any atom is 0.255 e. The van der Waals surface area contributed by atoms with E-state index in [4.69, 9.17) is 5.14 Å². The molecule has 0 saturated carbocycles. The predicted octanol–water partition coefficient (Wildman–Crippen LogP) is 3.70. The maximum absolute atomic E-state index is 12.5. The van der Waals surface area contributed by atoms with Gasteiger partial charge in [0.05, 0.1) is 5.56 Å². The zero-order valence-electron chi connectivity index (χ0n) is 14.6. The van der Waals surface area contributed by atoms with Gasteiger partial charge in [0.1, 0.15) is 5.82 Å². The van der Waals surface area contributed by atoms with Crippen LogP contribution in [0.4, 0.5) is 5.82 Å². The molecule has 1 aliphatic heterocycles. The molecule has 2 aromatic rings. The highest BCUT2D eigenvalue weighted by Crippen LogP contribution is 2.22. The number of nitrogens with two attached hydrogens (primary N) is 1. The lowest BCUT2D eigenvalue weighted by atomic mass is 10.1. The molecule has 1 aliphatic rings. The van der Waals surface area contributed by atoms with Gasteiger partial charge in [-0.05, 0) is 61.0 Å². The fraction of sp³-hybridized carbons (Fsp3) is 0.368. The number of carbonyl (C=O) groups excluding carboxylic acids is 1. The van der Waals surface area contributed by atoms with Gasteiger partial charge in [-0.1, -0.05) is 19.1 Å². The molecule has 1 aromatic carbocycles. The van der Waals surface area contributed by atoms with E-state index in [-0.39, 0.29) is 11.9 Å². The number of hydrogen-bond acceptors (Lipinski definition) is 5. The summed E-state index contributed by atoms with van der Waals surface area (Å²) in [5.41, 5.74) is 1.79. The topological polar surface area (TPSA) is 71.2 Å². The van der Waals surface area contributed by atoms with E-state index in [1.165, 1.54) is 11.9 Å². The first-order chi connectivity index (χ1) is 12.1. The van der Waals surface area contributed by atoms with Crippen LogP contribution in [-0.2, 0) is 0 Å². The Morgan fingerprint density at radius 1 is 1.40 bits per heavy atom. The minimum absolute atomic E-state index is 0.0733. The van der Waals surface area contributed by atoms with Crippen molar-refractivity contribution in [2.45, 2.75) is 31.2 Å². The van der Waals surface area contributed by atoms with Crippen molar-refractivity contribution in [3.8, 4) is 0 Å². The number of hydrogen-bond donors (Lipinski definition) is 2. The molecule has 0 radical (unpaired) electrons. The maximum atomic E-state index is 12.5. The molecule has 0 bridgehead atoms. The van der Waals surface area contributed by atoms with Gasteiger partial charge in [0.2, 0.25) is 0 Å². The van der Waals surface area contributed by atoms with Crippen LogP contribution in [-0.4, -0.2) is 28.9 Å². The van der Waals surface area contributed by atoms with Crippen LogP contribution < -0.4 is 10.5 Å². The predicted molar refractivity (Wildman–Crippen MR) is 102 cm³/mol. The van der Waals surface area contributed by atoms with Crippen molar-refractivity contribution in [3.63, 3.8) is 0 Å². The van der Waals surface area contributed by atoms with Gasteiger partial charge >= 0.3 is 0 Å². The number of aromatic nitrogens is 1. The summed E-state index contributed by atoms with van der Waals surface area (Å²) in [6.45, 7) is 5.93. The lowest BCUT2D eigenvalue weighted by Gasteiger charge is -2.17. The van der Waals surface area contributed by atoms with Crippen molar-refractivity contribution in [2.75, 3.05) is 18.4 Å². The summed E-state index contributed by atoms with van der Waals surface area (Å²) in [6, 6.07) is 11.9. The molecule has 2 atom stereocenters.